The van der Waals surface area contributed by atoms with Gasteiger partial charge in [0, 0.05) is 22.1 Å². The predicted octanol–water partition coefficient (Wildman–Crippen LogP) is 12.0. The topological polar surface area (TPSA) is 57.4 Å². The van der Waals surface area contributed by atoms with Gasteiger partial charge in [-0.2, -0.15) is 10.5 Å². The molecule has 9 aromatic rings. The van der Waals surface area contributed by atoms with Crippen LogP contribution in [0.25, 0.3) is 77.9 Å². The number of hydrogen-bond acceptors (Lipinski definition) is 2. The Morgan fingerprint density at radius 2 is 0.654 bits per heavy atom. The lowest BCUT2D eigenvalue weighted by Crippen LogP contribution is -1.98. The molecule has 242 valence electrons. The standard InChI is InChI=1S/C48H30N4/c49-31-33-11-23-43(24-12-33)51-45(39-19-15-37(16-20-39)35-7-3-1-4-8-35)27-41-29-48-42(30-47(41)51)28-46(52(48)44-25-13-34(32-50)14-26-44)40-21-17-38(18-22-40)36-9-5-2-6-10-36/h1-30H. The highest BCUT2D eigenvalue weighted by atomic mass is 15.0. The highest BCUT2D eigenvalue weighted by Gasteiger charge is 2.19. The molecule has 4 nitrogen and oxygen atoms in total. The minimum Gasteiger partial charge on any atom is -0.309 e. The van der Waals surface area contributed by atoms with Crippen LogP contribution in [-0.2, 0) is 0 Å². The molecule has 0 aliphatic heterocycles. The molecule has 7 aromatic carbocycles. The third-order valence-corrected chi connectivity index (χ3v) is 9.81. The maximum Gasteiger partial charge on any atom is 0.0991 e. The molecule has 2 heterocycles. The average Bonchev–Trinajstić information content (AvgIpc) is 3.79. The summed E-state index contributed by atoms with van der Waals surface area (Å²) in [4.78, 5) is 0. The third-order valence-electron chi connectivity index (χ3n) is 9.81. The third kappa shape index (κ3) is 5.42. The summed E-state index contributed by atoms with van der Waals surface area (Å²) in [6.07, 6.45) is 0. The van der Waals surface area contributed by atoms with Gasteiger partial charge in [0.2, 0.25) is 0 Å². The van der Waals surface area contributed by atoms with E-state index in [9.17, 15) is 10.5 Å². The Kier molecular flexibility index (Phi) is 7.55. The normalized spacial score (nSPS) is 11.0. The van der Waals surface area contributed by atoms with Crippen molar-refractivity contribution in [2.45, 2.75) is 0 Å². The van der Waals surface area contributed by atoms with E-state index in [2.05, 4.69) is 143 Å². The molecular weight excluding hydrogens is 633 g/mol. The quantitative estimate of drug-likeness (QED) is 0.178. The molecule has 0 aliphatic rings. The van der Waals surface area contributed by atoms with Crippen LogP contribution >= 0.6 is 0 Å². The molecule has 0 amide bonds. The van der Waals surface area contributed by atoms with E-state index in [0.717, 1.165) is 66.8 Å². The lowest BCUT2D eigenvalue weighted by atomic mass is 10.0. The summed E-state index contributed by atoms with van der Waals surface area (Å²) in [5.41, 5.74) is 14.4. The van der Waals surface area contributed by atoms with Crippen molar-refractivity contribution in [1.82, 2.24) is 9.13 Å². The lowest BCUT2D eigenvalue weighted by molar-refractivity contribution is 1.13. The van der Waals surface area contributed by atoms with E-state index in [4.69, 9.17) is 0 Å². The van der Waals surface area contributed by atoms with Crippen LogP contribution in [0.15, 0.2) is 182 Å². The summed E-state index contributed by atoms with van der Waals surface area (Å²) < 4.78 is 4.58. The molecule has 0 unspecified atom stereocenters. The SMILES string of the molecule is N#Cc1ccc(-n2c(-c3ccc(-c4ccccc4)cc3)cc3cc4c(cc(-c5ccc(-c6ccccc6)cc5)n4-c4ccc(C#N)cc4)cc32)cc1. The predicted molar refractivity (Wildman–Crippen MR) is 211 cm³/mol. The largest absolute Gasteiger partial charge is 0.309 e. The average molecular weight is 663 g/mol. The fraction of sp³-hybridized carbons (Fsp3) is 0. The number of nitrogens with zero attached hydrogens (tertiary/aromatic N) is 4. The van der Waals surface area contributed by atoms with Gasteiger partial charge in [0.25, 0.3) is 0 Å². The van der Waals surface area contributed by atoms with Crippen molar-refractivity contribution in [3.8, 4) is 68.3 Å². The summed E-state index contributed by atoms with van der Waals surface area (Å²) in [6.45, 7) is 0. The maximum absolute atomic E-state index is 9.55. The van der Waals surface area contributed by atoms with Crippen molar-refractivity contribution in [1.29, 1.82) is 10.5 Å². The van der Waals surface area contributed by atoms with Crippen molar-refractivity contribution in [2.24, 2.45) is 0 Å². The van der Waals surface area contributed by atoms with E-state index >= 15 is 0 Å². The molecule has 0 aliphatic carbocycles. The zero-order chi connectivity index (χ0) is 35.0. The molecule has 0 fully saturated rings. The Morgan fingerprint density at radius 3 is 1.00 bits per heavy atom. The summed E-state index contributed by atoms with van der Waals surface area (Å²) in [6, 6.07) is 67.4. The Labute approximate surface area is 301 Å². The highest BCUT2D eigenvalue weighted by molar-refractivity contribution is 6.02. The molecule has 0 saturated carbocycles. The van der Waals surface area contributed by atoms with E-state index < -0.39 is 0 Å². The van der Waals surface area contributed by atoms with Crippen LogP contribution in [0.3, 0.4) is 0 Å². The Morgan fingerprint density at radius 1 is 0.327 bits per heavy atom. The van der Waals surface area contributed by atoms with Crippen LogP contribution < -0.4 is 0 Å². The van der Waals surface area contributed by atoms with Gasteiger partial charge >= 0.3 is 0 Å². The second-order valence-corrected chi connectivity index (χ2v) is 12.9. The number of hydrogen-bond donors (Lipinski definition) is 0. The van der Waals surface area contributed by atoms with Crippen molar-refractivity contribution in [2.75, 3.05) is 0 Å². The smallest absolute Gasteiger partial charge is 0.0991 e. The summed E-state index contributed by atoms with van der Waals surface area (Å²) >= 11 is 0. The second kappa shape index (κ2) is 12.8. The first-order chi connectivity index (χ1) is 25.7. The molecule has 4 heteroatoms. The fourth-order valence-electron chi connectivity index (χ4n) is 7.19. The van der Waals surface area contributed by atoms with Gasteiger partial charge in [-0.15, -0.1) is 0 Å². The molecule has 52 heavy (non-hydrogen) atoms. The monoisotopic (exact) mass is 662 g/mol. The van der Waals surface area contributed by atoms with Gasteiger partial charge < -0.3 is 9.13 Å². The van der Waals surface area contributed by atoms with Gasteiger partial charge in [-0.3, -0.25) is 0 Å². The number of nitriles is 2. The van der Waals surface area contributed by atoms with Crippen LogP contribution in [0.4, 0.5) is 0 Å². The first-order valence-corrected chi connectivity index (χ1v) is 17.2. The lowest BCUT2D eigenvalue weighted by Gasteiger charge is -2.13. The molecule has 2 aromatic heterocycles. The summed E-state index contributed by atoms with van der Waals surface area (Å²) in [5, 5.41) is 21.3. The van der Waals surface area contributed by atoms with Crippen LogP contribution in [0.2, 0.25) is 0 Å². The van der Waals surface area contributed by atoms with Crippen molar-refractivity contribution >= 4 is 21.8 Å². The van der Waals surface area contributed by atoms with Crippen LogP contribution in [0.1, 0.15) is 11.1 Å². The molecule has 0 bridgehead atoms. The van der Waals surface area contributed by atoms with Gasteiger partial charge in [0.15, 0.2) is 0 Å². The van der Waals surface area contributed by atoms with E-state index in [0.29, 0.717) is 11.1 Å². The fourth-order valence-corrected chi connectivity index (χ4v) is 7.19. The minimum atomic E-state index is 0.624. The number of fused-ring (bicyclic) bond motifs is 2. The van der Waals surface area contributed by atoms with Crippen LogP contribution in [-0.4, -0.2) is 9.13 Å². The van der Waals surface area contributed by atoms with Crippen molar-refractivity contribution in [3.63, 3.8) is 0 Å². The minimum absolute atomic E-state index is 0.624. The van der Waals surface area contributed by atoms with Gasteiger partial charge in [-0.05, 0) is 106 Å². The second-order valence-electron chi connectivity index (χ2n) is 12.9. The summed E-state index contributed by atoms with van der Waals surface area (Å²) in [7, 11) is 0. The van der Waals surface area contributed by atoms with Crippen LogP contribution in [0, 0.1) is 22.7 Å². The number of aromatic nitrogens is 2. The zero-order valence-electron chi connectivity index (χ0n) is 28.1. The van der Waals surface area contributed by atoms with Gasteiger partial charge in [0.05, 0.1) is 45.7 Å². The molecule has 0 saturated heterocycles. The molecule has 0 radical (unpaired) electrons. The van der Waals surface area contributed by atoms with E-state index in [1.54, 1.807) is 0 Å². The Hall–Kier alpha value is -7.40. The van der Waals surface area contributed by atoms with Crippen LogP contribution in [0.5, 0.6) is 0 Å². The van der Waals surface area contributed by atoms with Gasteiger partial charge in [0.1, 0.15) is 0 Å². The molecular formula is C48H30N4. The molecule has 0 N–H and O–H groups in total. The van der Waals surface area contributed by atoms with Gasteiger partial charge in [-0.25, -0.2) is 0 Å². The van der Waals surface area contributed by atoms with E-state index in [1.807, 2.05) is 60.7 Å². The molecule has 0 atom stereocenters. The van der Waals surface area contributed by atoms with Crippen molar-refractivity contribution < 1.29 is 0 Å². The molecule has 9 rings (SSSR count). The van der Waals surface area contributed by atoms with Gasteiger partial charge in [-0.1, -0.05) is 109 Å². The first kappa shape index (κ1) is 30.6. The van der Waals surface area contributed by atoms with Crippen molar-refractivity contribution in [3.05, 3.63) is 193 Å². The maximum atomic E-state index is 9.55. The zero-order valence-corrected chi connectivity index (χ0v) is 28.1. The summed E-state index contributed by atoms with van der Waals surface area (Å²) in [5.74, 6) is 0. The van der Waals surface area contributed by atoms with E-state index in [-0.39, 0.29) is 0 Å². The Balaban J connectivity index is 1.25. The van der Waals surface area contributed by atoms with E-state index in [1.165, 1.54) is 11.1 Å². The number of rotatable bonds is 6. The highest BCUT2D eigenvalue weighted by Crippen LogP contribution is 2.39. The Bertz CT molecular complexity index is 2590. The number of benzene rings is 7. The first-order valence-electron chi connectivity index (χ1n) is 17.2. The molecule has 0 spiro atoms.